The maximum Gasteiger partial charge on any atom is 0.332 e. The Bertz CT molecular complexity index is 1210. The maximum absolute atomic E-state index is 13.2. The summed E-state index contributed by atoms with van der Waals surface area (Å²) in [6.45, 7) is 12.0. The van der Waals surface area contributed by atoms with Gasteiger partial charge in [-0.3, -0.25) is 18.3 Å². The molecule has 2 atom stereocenters. The van der Waals surface area contributed by atoms with Gasteiger partial charge in [0.1, 0.15) is 0 Å². The molecule has 1 fully saturated rings. The Kier molecular flexibility index (Phi) is 5.16. The molecule has 0 saturated heterocycles. The maximum atomic E-state index is 13.2. The van der Waals surface area contributed by atoms with Gasteiger partial charge in [0.25, 0.3) is 5.56 Å². The molecule has 0 radical (unpaired) electrons. The quantitative estimate of drug-likeness (QED) is 0.601. The number of nitrogens with zero attached hydrogens (tertiary/aromatic N) is 5. The zero-order valence-corrected chi connectivity index (χ0v) is 18.9. The van der Waals surface area contributed by atoms with Gasteiger partial charge in [-0.2, -0.15) is 4.98 Å². The highest BCUT2D eigenvalue weighted by atomic mass is 16.5. The van der Waals surface area contributed by atoms with Gasteiger partial charge in [0.2, 0.25) is 5.78 Å². The van der Waals surface area contributed by atoms with Crippen molar-refractivity contribution < 1.29 is 4.74 Å². The lowest BCUT2D eigenvalue weighted by Crippen LogP contribution is -2.40. The second kappa shape index (κ2) is 7.41. The van der Waals surface area contributed by atoms with Crippen LogP contribution in [0.3, 0.4) is 0 Å². The molecular weight excluding hydrogens is 382 g/mol. The van der Waals surface area contributed by atoms with Crippen molar-refractivity contribution >= 4 is 16.9 Å². The number of ether oxygens (including phenoxy) is 1. The van der Waals surface area contributed by atoms with E-state index in [9.17, 15) is 9.59 Å². The molecular formula is C22H33N5O3. The van der Waals surface area contributed by atoms with E-state index < -0.39 is 0 Å². The predicted octanol–water partition coefficient (Wildman–Crippen LogP) is 2.88. The third kappa shape index (κ3) is 3.31. The van der Waals surface area contributed by atoms with E-state index in [0.717, 1.165) is 24.3 Å². The highest BCUT2D eigenvalue weighted by molar-refractivity contribution is 5.75. The first kappa shape index (κ1) is 20.9. The van der Waals surface area contributed by atoms with Crippen molar-refractivity contribution in [3.05, 3.63) is 32.7 Å². The summed E-state index contributed by atoms with van der Waals surface area (Å²) in [5, 5.41) is 0. The first-order chi connectivity index (χ1) is 14.1. The van der Waals surface area contributed by atoms with Gasteiger partial charge >= 0.3 is 5.69 Å². The Balaban J connectivity index is 1.91. The summed E-state index contributed by atoms with van der Waals surface area (Å²) in [6.07, 6.45) is 5.36. The lowest BCUT2D eigenvalue weighted by molar-refractivity contribution is 0.137. The van der Waals surface area contributed by atoms with Gasteiger partial charge in [-0.1, -0.05) is 20.8 Å². The summed E-state index contributed by atoms with van der Waals surface area (Å²) in [4.78, 5) is 30.8. The van der Waals surface area contributed by atoms with E-state index in [4.69, 9.17) is 9.72 Å². The Hall–Kier alpha value is -2.35. The molecule has 0 spiro atoms. The first-order valence-electron chi connectivity index (χ1n) is 10.9. The molecule has 8 heteroatoms. The van der Waals surface area contributed by atoms with Gasteiger partial charge in [0.15, 0.2) is 11.2 Å². The van der Waals surface area contributed by atoms with E-state index in [1.807, 2.05) is 17.5 Å². The lowest BCUT2D eigenvalue weighted by atomic mass is 9.70. The minimum absolute atomic E-state index is 0.233. The minimum atomic E-state index is -0.358. The molecule has 8 nitrogen and oxygen atoms in total. The summed E-state index contributed by atoms with van der Waals surface area (Å²) in [6, 6.07) is 0.329. The van der Waals surface area contributed by atoms with Crippen molar-refractivity contribution in [2.24, 2.45) is 18.4 Å². The monoisotopic (exact) mass is 415 g/mol. The van der Waals surface area contributed by atoms with Crippen molar-refractivity contribution in [1.29, 1.82) is 0 Å². The van der Waals surface area contributed by atoms with Gasteiger partial charge in [0.05, 0.1) is 13.2 Å². The van der Waals surface area contributed by atoms with E-state index in [2.05, 4.69) is 32.3 Å². The second-order valence-corrected chi connectivity index (χ2v) is 9.66. The number of aromatic nitrogens is 5. The molecule has 0 unspecified atom stereocenters. The van der Waals surface area contributed by atoms with Gasteiger partial charge in [0, 0.05) is 31.6 Å². The first-order valence-corrected chi connectivity index (χ1v) is 10.9. The fraction of sp³-hybridized carbons (Fsp3) is 0.682. The Morgan fingerprint density at radius 2 is 2.00 bits per heavy atom. The van der Waals surface area contributed by atoms with E-state index in [1.165, 1.54) is 15.6 Å². The van der Waals surface area contributed by atoms with Crippen LogP contribution in [0, 0.1) is 18.3 Å². The van der Waals surface area contributed by atoms with Gasteiger partial charge in [-0.05, 0) is 44.4 Å². The molecule has 3 aromatic rings. The summed E-state index contributed by atoms with van der Waals surface area (Å²) in [5.74, 6) is 1.37. The molecule has 1 aliphatic carbocycles. The molecule has 0 aliphatic heterocycles. The van der Waals surface area contributed by atoms with Crippen LogP contribution in [0.5, 0.6) is 0 Å². The molecule has 0 amide bonds. The Morgan fingerprint density at radius 1 is 1.27 bits per heavy atom. The number of fused-ring (bicyclic) bond motifs is 3. The van der Waals surface area contributed by atoms with Crippen LogP contribution in [0.15, 0.2) is 15.8 Å². The van der Waals surface area contributed by atoms with Crippen LogP contribution in [0.25, 0.3) is 16.9 Å². The van der Waals surface area contributed by atoms with Crippen LogP contribution in [-0.4, -0.2) is 36.3 Å². The fourth-order valence-electron chi connectivity index (χ4n) is 5.47. The van der Waals surface area contributed by atoms with Gasteiger partial charge in [-0.25, -0.2) is 4.79 Å². The number of imidazole rings is 2. The molecule has 1 aliphatic rings. The molecule has 3 heterocycles. The minimum Gasteiger partial charge on any atom is -0.380 e. The topological polar surface area (TPSA) is 75.5 Å². The normalized spacial score (nSPS) is 21.7. The van der Waals surface area contributed by atoms with Crippen LogP contribution in [0.2, 0.25) is 0 Å². The molecule has 1 saturated carbocycles. The Morgan fingerprint density at radius 3 is 2.67 bits per heavy atom. The van der Waals surface area contributed by atoms with Crippen molar-refractivity contribution in [2.45, 2.75) is 66.5 Å². The largest absolute Gasteiger partial charge is 0.380 e. The smallest absolute Gasteiger partial charge is 0.332 e. The van der Waals surface area contributed by atoms with Crippen LogP contribution >= 0.6 is 0 Å². The van der Waals surface area contributed by atoms with E-state index in [0.29, 0.717) is 36.3 Å². The molecule has 164 valence electrons. The van der Waals surface area contributed by atoms with E-state index in [1.54, 1.807) is 7.05 Å². The van der Waals surface area contributed by atoms with Crippen LogP contribution < -0.4 is 11.2 Å². The average molecular weight is 416 g/mol. The summed E-state index contributed by atoms with van der Waals surface area (Å²) < 4.78 is 12.2. The predicted molar refractivity (Wildman–Crippen MR) is 117 cm³/mol. The number of hydrogen-bond acceptors (Lipinski definition) is 4. The highest BCUT2D eigenvalue weighted by Gasteiger charge is 2.34. The molecule has 4 rings (SSSR count). The van der Waals surface area contributed by atoms with Crippen molar-refractivity contribution in [2.75, 3.05) is 13.2 Å². The molecule has 3 aromatic heterocycles. The average Bonchev–Trinajstić information content (AvgIpc) is 3.15. The third-order valence-electron chi connectivity index (χ3n) is 6.46. The summed E-state index contributed by atoms with van der Waals surface area (Å²) in [7, 11) is 1.68. The van der Waals surface area contributed by atoms with Crippen LogP contribution in [0.4, 0.5) is 0 Å². The fourth-order valence-corrected chi connectivity index (χ4v) is 5.47. The number of rotatable bonds is 5. The second-order valence-electron chi connectivity index (χ2n) is 9.66. The van der Waals surface area contributed by atoms with Crippen LogP contribution in [0.1, 0.15) is 58.7 Å². The summed E-state index contributed by atoms with van der Waals surface area (Å²) >= 11 is 0. The molecule has 0 N–H and O–H groups in total. The molecule has 0 aromatic carbocycles. The molecule has 30 heavy (non-hydrogen) atoms. The SMILES string of the molecule is CCOCCn1c(=O)c2c(nc3n([C@H]4C[C@H](C)CC(C)(C)C4)c(C)cn23)n(C)c1=O. The van der Waals surface area contributed by atoms with E-state index >= 15 is 0 Å². The molecule has 0 bridgehead atoms. The van der Waals surface area contributed by atoms with Crippen molar-refractivity contribution in [1.82, 2.24) is 23.1 Å². The third-order valence-corrected chi connectivity index (χ3v) is 6.46. The van der Waals surface area contributed by atoms with Crippen molar-refractivity contribution in [3.63, 3.8) is 0 Å². The number of hydrogen-bond donors (Lipinski definition) is 0. The number of aryl methyl sites for hydroxylation is 2. The van der Waals surface area contributed by atoms with Crippen molar-refractivity contribution in [3.8, 4) is 0 Å². The zero-order valence-electron chi connectivity index (χ0n) is 18.9. The standard InChI is InChI=1S/C22H33N5O3/c1-7-30-9-8-25-19(28)17-18(24(6)21(25)29)23-20-26(17)13-15(3)27(20)16-10-14(2)11-22(4,5)12-16/h13-14,16H,7-12H2,1-6H3/t14-,16-/m0/s1. The highest BCUT2D eigenvalue weighted by Crippen LogP contribution is 2.44. The van der Waals surface area contributed by atoms with E-state index in [-0.39, 0.29) is 23.2 Å². The summed E-state index contributed by atoms with van der Waals surface area (Å²) in [5.41, 5.74) is 1.57. The van der Waals surface area contributed by atoms with Crippen LogP contribution in [-0.2, 0) is 18.3 Å². The van der Waals surface area contributed by atoms with Gasteiger partial charge in [-0.15, -0.1) is 0 Å². The lowest BCUT2D eigenvalue weighted by Gasteiger charge is -2.39. The zero-order chi connectivity index (χ0) is 21.8. The van der Waals surface area contributed by atoms with Gasteiger partial charge < -0.3 is 9.30 Å². The Labute approximate surface area is 176 Å².